The van der Waals surface area contributed by atoms with E-state index in [0.717, 1.165) is 13.1 Å². The van der Waals surface area contributed by atoms with Crippen molar-refractivity contribution in [2.45, 2.75) is 13.8 Å². The lowest BCUT2D eigenvalue weighted by molar-refractivity contribution is 0.102. The van der Waals surface area contributed by atoms with Gasteiger partial charge in [0.1, 0.15) is 5.69 Å². The molecular formula is C15H16Cl2N4O. The highest BCUT2D eigenvalue weighted by molar-refractivity contribution is 6.42. The van der Waals surface area contributed by atoms with E-state index in [4.69, 9.17) is 23.2 Å². The van der Waals surface area contributed by atoms with Crippen LogP contribution in [0.25, 0.3) is 0 Å². The Labute approximate surface area is 139 Å². The molecule has 0 fully saturated rings. The number of nitrogens with zero attached hydrogens (tertiary/aromatic N) is 3. The first-order valence-electron chi connectivity index (χ1n) is 6.89. The maximum atomic E-state index is 12.3. The summed E-state index contributed by atoms with van der Waals surface area (Å²) in [6, 6.07) is 6.47. The van der Waals surface area contributed by atoms with Crippen LogP contribution in [0.2, 0.25) is 10.0 Å². The number of hydrogen-bond donors (Lipinski definition) is 1. The monoisotopic (exact) mass is 338 g/mol. The number of carbonyl (C=O) groups is 1. The second kappa shape index (κ2) is 7.42. The Balaban J connectivity index is 2.18. The maximum Gasteiger partial charge on any atom is 0.274 e. The van der Waals surface area contributed by atoms with Crippen LogP contribution < -0.4 is 10.2 Å². The molecular weight excluding hydrogens is 323 g/mol. The van der Waals surface area contributed by atoms with Gasteiger partial charge in [-0.2, -0.15) is 0 Å². The van der Waals surface area contributed by atoms with Crippen LogP contribution in [0, 0.1) is 0 Å². The predicted molar refractivity (Wildman–Crippen MR) is 90.0 cm³/mol. The molecule has 0 spiro atoms. The molecule has 22 heavy (non-hydrogen) atoms. The first-order chi connectivity index (χ1) is 10.5. The van der Waals surface area contributed by atoms with E-state index in [9.17, 15) is 4.79 Å². The van der Waals surface area contributed by atoms with Crippen molar-refractivity contribution in [1.82, 2.24) is 9.97 Å². The van der Waals surface area contributed by atoms with Gasteiger partial charge in [0, 0.05) is 25.0 Å². The van der Waals surface area contributed by atoms with Crippen LogP contribution in [0.5, 0.6) is 0 Å². The smallest absolute Gasteiger partial charge is 0.274 e. The zero-order valence-electron chi connectivity index (χ0n) is 12.3. The molecule has 2 rings (SSSR count). The number of hydrogen-bond acceptors (Lipinski definition) is 4. The third kappa shape index (κ3) is 3.87. The van der Waals surface area contributed by atoms with Crippen LogP contribution in [-0.4, -0.2) is 29.0 Å². The largest absolute Gasteiger partial charge is 0.341 e. The lowest BCUT2D eigenvalue weighted by Gasteiger charge is -2.18. The molecule has 0 aliphatic rings. The summed E-state index contributed by atoms with van der Waals surface area (Å²) in [6.07, 6.45) is 1.57. The van der Waals surface area contributed by atoms with E-state index in [1.54, 1.807) is 30.5 Å². The Bertz CT molecular complexity index is 674. The highest BCUT2D eigenvalue weighted by Gasteiger charge is 2.12. The summed E-state index contributed by atoms with van der Waals surface area (Å²) in [5.41, 5.74) is 0.852. The van der Waals surface area contributed by atoms with Gasteiger partial charge >= 0.3 is 0 Å². The van der Waals surface area contributed by atoms with Gasteiger partial charge in [-0.1, -0.05) is 23.2 Å². The minimum absolute atomic E-state index is 0.294. The van der Waals surface area contributed by atoms with Gasteiger partial charge in [0.05, 0.1) is 10.0 Å². The van der Waals surface area contributed by atoms with Crippen molar-refractivity contribution in [3.63, 3.8) is 0 Å². The first kappa shape index (κ1) is 16.5. The summed E-state index contributed by atoms with van der Waals surface area (Å²) in [7, 11) is 0. The van der Waals surface area contributed by atoms with Crippen molar-refractivity contribution in [3.05, 3.63) is 46.2 Å². The SMILES string of the molecule is CCN(CC)c1nccc(C(=O)Nc2ccc(Cl)c(Cl)c2)n1. The molecule has 5 nitrogen and oxygen atoms in total. The minimum Gasteiger partial charge on any atom is -0.341 e. The van der Waals surface area contributed by atoms with Crippen LogP contribution in [0.1, 0.15) is 24.3 Å². The van der Waals surface area contributed by atoms with Crippen LogP contribution >= 0.6 is 23.2 Å². The van der Waals surface area contributed by atoms with E-state index in [-0.39, 0.29) is 5.91 Å². The number of rotatable bonds is 5. The molecule has 1 heterocycles. The number of nitrogens with one attached hydrogen (secondary N) is 1. The van der Waals surface area contributed by atoms with Crippen LogP contribution in [0.3, 0.4) is 0 Å². The molecule has 1 aromatic heterocycles. The molecule has 1 aromatic carbocycles. The molecule has 2 aromatic rings. The van der Waals surface area contributed by atoms with E-state index in [0.29, 0.717) is 27.4 Å². The second-order valence-corrected chi connectivity index (χ2v) is 5.31. The zero-order chi connectivity index (χ0) is 16.1. The maximum absolute atomic E-state index is 12.3. The molecule has 0 saturated heterocycles. The Hall–Kier alpha value is -1.85. The van der Waals surface area contributed by atoms with E-state index in [1.165, 1.54) is 0 Å². The zero-order valence-corrected chi connectivity index (χ0v) is 13.8. The fourth-order valence-corrected chi connectivity index (χ4v) is 2.20. The summed E-state index contributed by atoms with van der Waals surface area (Å²) >= 11 is 11.8. The highest BCUT2D eigenvalue weighted by atomic mass is 35.5. The van der Waals surface area contributed by atoms with Gasteiger partial charge in [-0.15, -0.1) is 0 Å². The van der Waals surface area contributed by atoms with E-state index in [2.05, 4.69) is 15.3 Å². The molecule has 116 valence electrons. The van der Waals surface area contributed by atoms with Crippen molar-refractivity contribution in [3.8, 4) is 0 Å². The average Bonchev–Trinajstić information content (AvgIpc) is 2.52. The van der Waals surface area contributed by atoms with Crippen molar-refractivity contribution in [2.75, 3.05) is 23.3 Å². The fourth-order valence-electron chi connectivity index (χ4n) is 1.90. The summed E-state index contributed by atoms with van der Waals surface area (Å²) in [5.74, 6) is 0.209. The number of benzene rings is 1. The fraction of sp³-hybridized carbons (Fsp3) is 0.267. The van der Waals surface area contributed by atoms with Crippen molar-refractivity contribution in [1.29, 1.82) is 0 Å². The molecule has 0 aliphatic heterocycles. The predicted octanol–water partition coefficient (Wildman–Crippen LogP) is 3.88. The van der Waals surface area contributed by atoms with Crippen molar-refractivity contribution < 1.29 is 4.79 Å². The molecule has 0 unspecified atom stereocenters. The number of amides is 1. The van der Waals surface area contributed by atoms with Gasteiger partial charge in [-0.05, 0) is 38.1 Å². The van der Waals surface area contributed by atoms with Gasteiger partial charge < -0.3 is 10.2 Å². The quantitative estimate of drug-likeness (QED) is 0.898. The van der Waals surface area contributed by atoms with Gasteiger partial charge in [0.2, 0.25) is 5.95 Å². The average molecular weight is 339 g/mol. The van der Waals surface area contributed by atoms with E-state index < -0.39 is 0 Å². The van der Waals surface area contributed by atoms with Gasteiger partial charge in [-0.3, -0.25) is 4.79 Å². The molecule has 0 atom stereocenters. The lowest BCUT2D eigenvalue weighted by Crippen LogP contribution is -2.25. The molecule has 0 bridgehead atoms. The molecule has 1 N–H and O–H groups in total. The number of halogens is 2. The first-order valence-corrected chi connectivity index (χ1v) is 7.65. The second-order valence-electron chi connectivity index (χ2n) is 4.50. The van der Waals surface area contributed by atoms with Crippen molar-refractivity contribution in [2.24, 2.45) is 0 Å². The number of anilines is 2. The van der Waals surface area contributed by atoms with Gasteiger partial charge in [-0.25, -0.2) is 9.97 Å². The van der Waals surface area contributed by atoms with Crippen LogP contribution in [-0.2, 0) is 0 Å². The standard InChI is InChI=1S/C15H16Cl2N4O/c1-3-21(4-2)15-18-8-7-13(20-15)14(22)19-10-5-6-11(16)12(17)9-10/h5-9H,3-4H2,1-2H3,(H,19,22). The third-order valence-corrected chi connectivity index (χ3v) is 3.84. The Morgan fingerprint density at radius 2 is 1.91 bits per heavy atom. The number of carbonyl (C=O) groups excluding carboxylic acids is 1. The summed E-state index contributed by atoms with van der Waals surface area (Å²) in [5, 5.41) is 3.55. The highest BCUT2D eigenvalue weighted by Crippen LogP contribution is 2.25. The lowest BCUT2D eigenvalue weighted by atomic mass is 10.3. The number of aromatic nitrogens is 2. The summed E-state index contributed by atoms with van der Waals surface area (Å²) in [4.78, 5) is 22.7. The molecule has 7 heteroatoms. The molecule has 1 amide bonds. The Kier molecular flexibility index (Phi) is 5.57. The summed E-state index contributed by atoms with van der Waals surface area (Å²) < 4.78 is 0. The minimum atomic E-state index is -0.325. The normalized spacial score (nSPS) is 10.4. The summed E-state index contributed by atoms with van der Waals surface area (Å²) in [6.45, 7) is 5.56. The Morgan fingerprint density at radius 1 is 1.18 bits per heavy atom. The molecule has 0 saturated carbocycles. The van der Waals surface area contributed by atoms with Crippen LogP contribution in [0.4, 0.5) is 11.6 Å². The Morgan fingerprint density at radius 3 is 2.55 bits per heavy atom. The van der Waals surface area contributed by atoms with E-state index >= 15 is 0 Å². The van der Waals surface area contributed by atoms with Gasteiger partial charge in [0.15, 0.2) is 0 Å². The van der Waals surface area contributed by atoms with E-state index in [1.807, 2.05) is 18.7 Å². The molecule has 0 radical (unpaired) electrons. The van der Waals surface area contributed by atoms with Crippen LogP contribution in [0.15, 0.2) is 30.5 Å². The van der Waals surface area contributed by atoms with Gasteiger partial charge in [0.25, 0.3) is 5.91 Å². The molecule has 0 aliphatic carbocycles. The van der Waals surface area contributed by atoms with Crippen molar-refractivity contribution >= 4 is 40.7 Å². The third-order valence-electron chi connectivity index (χ3n) is 3.10. The topological polar surface area (TPSA) is 58.1 Å².